The quantitative estimate of drug-likeness (QED) is 0.742. The van der Waals surface area contributed by atoms with Gasteiger partial charge in [0, 0.05) is 43.4 Å². The van der Waals surface area contributed by atoms with E-state index in [0.717, 1.165) is 67.4 Å². The predicted molar refractivity (Wildman–Crippen MR) is 79.9 cm³/mol. The zero-order chi connectivity index (χ0) is 14.2. The Bertz CT molecular complexity index is 678. The topological polar surface area (TPSA) is 41.1 Å². The Hall–Kier alpha value is -2.01. The maximum atomic E-state index is 13.3. The van der Waals surface area contributed by atoms with Crippen molar-refractivity contribution >= 4 is 5.95 Å². The van der Waals surface area contributed by atoms with Crippen LogP contribution in [-0.4, -0.2) is 36.1 Å². The molecule has 1 N–H and O–H groups in total. The summed E-state index contributed by atoms with van der Waals surface area (Å²) in [5.74, 6) is 0.600. The predicted octanol–water partition coefficient (Wildman–Crippen LogP) is 1.99. The SMILES string of the molecule is Fc1ccc2c(c1)Cc1cnc(N3CCCNCC3)nc1-2. The van der Waals surface area contributed by atoms with Crippen LogP contribution in [0.25, 0.3) is 11.3 Å². The summed E-state index contributed by atoms with van der Waals surface area (Å²) in [4.78, 5) is 11.5. The fourth-order valence-electron chi connectivity index (χ4n) is 3.10. The zero-order valence-electron chi connectivity index (χ0n) is 11.8. The zero-order valence-corrected chi connectivity index (χ0v) is 11.8. The van der Waals surface area contributed by atoms with Crippen LogP contribution in [0.5, 0.6) is 0 Å². The molecule has 21 heavy (non-hydrogen) atoms. The highest BCUT2D eigenvalue weighted by Gasteiger charge is 2.23. The maximum Gasteiger partial charge on any atom is 0.225 e. The lowest BCUT2D eigenvalue weighted by molar-refractivity contribution is 0.626. The molecular formula is C16H17FN4. The molecule has 0 unspecified atom stereocenters. The maximum absolute atomic E-state index is 13.3. The van der Waals surface area contributed by atoms with Crippen molar-refractivity contribution in [1.29, 1.82) is 0 Å². The minimum atomic E-state index is -0.187. The minimum Gasteiger partial charge on any atom is -0.339 e. The summed E-state index contributed by atoms with van der Waals surface area (Å²) in [6.07, 6.45) is 3.72. The highest BCUT2D eigenvalue weighted by molar-refractivity contribution is 5.73. The van der Waals surface area contributed by atoms with Gasteiger partial charge >= 0.3 is 0 Å². The Labute approximate surface area is 123 Å². The fraction of sp³-hybridized carbons (Fsp3) is 0.375. The molecule has 0 bridgehead atoms. The number of rotatable bonds is 1. The number of hydrogen-bond donors (Lipinski definition) is 1. The molecule has 1 aliphatic heterocycles. The monoisotopic (exact) mass is 284 g/mol. The van der Waals surface area contributed by atoms with Gasteiger partial charge < -0.3 is 10.2 Å². The van der Waals surface area contributed by atoms with Gasteiger partial charge in [-0.15, -0.1) is 0 Å². The lowest BCUT2D eigenvalue weighted by Crippen LogP contribution is -2.29. The van der Waals surface area contributed by atoms with Gasteiger partial charge in [-0.2, -0.15) is 0 Å². The lowest BCUT2D eigenvalue weighted by atomic mass is 10.1. The third kappa shape index (κ3) is 2.27. The van der Waals surface area contributed by atoms with Crippen molar-refractivity contribution in [2.45, 2.75) is 12.8 Å². The fourth-order valence-corrected chi connectivity index (χ4v) is 3.10. The van der Waals surface area contributed by atoms with Gasteiger partial charge in [-0.3, -0.25) is 0 Å². The summed E-state index contributed by atoms with van der Waals surface area (Å²) < 4.78 is 13.3. The number of halogens is 1. The molecular weight excluding hydrogens is 267 g/mol. The largest absolute Gasteiger partial charge is 0.339 e. The third-order valence-electron chi connectivity index (χ3n) is 4.18. The molecule has 1 fully saturated rings. The van der Waals surface area contributed by atoms with Crippen LogP contribution in [-0.2, 0) is 6.42 Å². The standard InChI is InChI=1S/C16H17FN4/c17-13-2-3-14-11(9-13)8-12-10-19-16(20-15(12)14)21-6-1-4-18-5-7-21/h2-3,9-10,18H,1,4-8H2. The first kappa shape index (κ1) is 12.7. The summed E-state index contributed by atoms with van der Waals surface area (Å²) in [7, 11) is 0. The van der Waals surface area contributed by atoms with Crippen LogP contribution in [0.2, 0.25) is 0 Å². The van der Waals surface area contributed by atoms with E-state index in [-0.39, 0.29) is 5.82 Å². The molecule has 2 aromatic rings. The first-order valence-corrected chi connectivity index (χ1v) is 7.41. The molecule has 2 aliphatic rings. The molecule has 1 aromatic carbocycles. The van der Waals surface area contributed by atoms with E-state index in [1.165, 1.54) is 6.07 Å². The van der Waals surface area contributed by atoms with E-state index >= 15 is 0 Å². The minimum absolute atomic E-state index is 0.187. The van der Waals surface area contributed by atoms with E-state index in [4.69, 9.17) is 4.98 Å². The summed E-state index contributed by atoms with van der Waals surface area (Å²) >= 11 is 0. The van der Waals surface area contributed by atoms with Crippen molar-refractivity contribution < 1.29 is 4.39 Å². The lowest BCUT2D eigenvalue weighted by Gasteiger charge is -2.20. The molecule has 2 heterocycles. The van der Waals surface area contributed by atoms with Crippen molar-refractivity contribution in [2.24, 2.45) is 0 Å². The van der Waals surface area contributed by atoms with Crippen LogP contribution in [0.4, 0.5) is 10.3 Å². The Morgan fingerprint density at radius 1 is 1.14 bits per heavy atom. The number of hydrogen-bond acceptors (Lipinski definition) is 4. The van der Waals surface area contributed by atoms with E-state index < -0.39 is 0 Å². The highest BCUT2D eigenvalue weighted by Crippen LogP contribution is 2.35. The van der Waals surface area contributed by atoms with Gasteiger partial charge in [0.15, 0.2) is 0 Å². The molecule has 0 amide bonds. The van der Waals surface area contributed by atoms with Gasteiger partial charge in [-0.25, -0.2) is 14.4 Å². The second-order valence-corrected chi connectivity index (χ2v) is 5.61. The molecule has 0 radical (unpaired) electrons. The molecule has 4 nitrogen and oxygen atoms in total. The molecule has 4 rings (SSSR count). The average molecular weight is 284 g/mol. The van der Waals surface area contributed by atoms with Gasteiger partial charge in [-0.05, 0) is 36.7 Å². The molecule has 1 aliphatic carbocycles. The molecule has 0 spiro atoms. The number of fused-ring (bicyclic) bond motifs is 3. The third-order valence-corrected chi connectivity index (χ3v) is 4.18. The number of anilines is 1. The molecule has 1 aromatic heterocycles. The summed E-state index contributed by atoms with van der Waals surface area (Å²) in [5, 5.41) is 3.38. The van der Waals surface area contributed by atoms with Crippen molar-refractivity contribution in [3.8, 4) is 11.3 Å². The van der Waals surface area contributed by atoms with Gasteiger partial charge in [-0.1, -0.05) is 0 Å². The van der Waals surface area contributed by atoms with Gasteiger partial charge in [0.05, 0.1) is 5.69 Å². The van der Waals surface area contributed by atoms with Gasteiger partial charge in [0.25, 0.3) is 0 Å². The van der Waals surface area contributed by atoms with Crippen LogP contribution >= 0.6 is 0 Å². The number of nitrogens with one attached hydrogen (secondary N) is 1. The van der Waals surface area contributed by atoms with Crippen LogP contribution in [0.3, 0.4) is 0 Å². The van der Waals surface area contributed by atoms with Crippen LogP contribution in [0.15, 0.2) is 24.4 Å². The summed E-state index contributed by atoms with van der Waals surface area (Å²) in [5.41, 5.74) is 4.11. The normalized spacial score (nSPS) is 17.3. The molecule has 1 saturated heterocycles. The highest BCUT2D eigenvalue weighted by atomic mass is 19.1. The van der Waals surface area contributed by atoms with E-state index in [2.05, 4.69) is 15.2 Å². The number of benzene rings is 1. The van der Waals surface area contributed by atoms with Crippen LogP contribution < -0.4 is 10.2 Å². The Balaban J connectivity index is 1.71. The molecule has 0 atom stereocenters. The van der Waals surface area contributed by atoms with Crippen molar-refractivity contribution in [1.82, 2.24) is 15.3 Å². The summed E-state index contributed by atoms with van der Waals surface area (Å²) in [6, 6.07) is 4.94. The van der Waals surface area contributed by atoms with E-state index in [1.807, 2.05) is 12.3 Å². The number of nitrogens with zero attached hydrogens (tertiary/aromatic N) is 3. The van der Waals surface area contributed by atoms with Gasteiger partial charge in [0.1, 0.15) is 5.82 Å². The Morgan fingerprint density at radius 3 is 3.05 bits per heavy atom. The van der Waals surface area contributed by atoms with E-state index in [0.29, 0.717) is 0 Å². The molecule has 0 saturated carbocycles. The van der Waals surface area contributed by atoms with Gasteiger partial charge in [0.2, 0.25) is 5.95 Å². The molecule has 5 heteroatoms. The van der Waals surface area contributed by atoms with Crippen LogP contribution in [0, 0.1) is 5.82 Å². The Morgan fingerprint density at radius 2 is 2.10 bits per heavy atom. The van der Waals surface area contributed by atoms with Crippen LogP contribution in [0.1, 0.15) is 17.5 Å². The average Bonchev–Trinajstić information content (AvgIpc) is 2.67. The van der Waals surface area contributed by atoms with E-state index in [9.17, 15) is 4.39 Å². The summed E-state index contributed by atoms with van der Waals surface area (Å²) in [6.45, 7) is 3.91. The smallest absolute Gasteiger partial charge is 0.225 e. The van der Waals surface area contributed by atoms with Crippen molar-refractivity contribution in [2.75, 3.05) is 31.1 Å². The Kier molecular flexibility index (Phi) is 3.07. The number of aromatic nitrogens is 2. The van der Waals surface area contributed by atoms with Crippen molar-refractivity contribution in [3.63, 3.8) is 0 Å². The van der Waals surface area contributed by atoms with Crippen molar-refractivity contribution in [3.05, 3.63) is 41.3 Å². The second kappa shape index (κ2) is 5.07. The molecule has 108 valence electrons. The second-order valence-electron chi connectivity index (χ2n) is 5.61. The van der Waals surface area contributed by atoms with E-state index in [1.54, 1.807) is 6.07 Å². The first-order valence-electron chi connectivity index (χ1n) is 7.41. The first-order chi connectivity index (χ1) is 10.3.